The third kappa shape index (κ3) is 1.86. The smallest absolute Gasteiger partial charge is 0.127 e. The van der Waals surface area contributed by atoms with Crippen molar-refractivity contribution in [3.63, 3.8) is 0 Å². The second kappa shape index (κ2) is 3.86. The highest BCUT2D eigenvalue weighted by molar-refractivity contribution is 5.84. The van der Waals surface area contributed by atoms with Crippen LogP contribution in [-0.2, 0) is 0 Å². The van der Waals surface area contributed by atoms with E-state index in [1.165, 1.54) is 32.1 Å². The minimum atomic E-state index is 0.221. The van der Waals surface area contributed by atoms with Gasteiger partial charge in [0, 0.05) is 11.8 Å². The molecule has 2 heteroatoms. The van der Waals surface area contributed by atoms with Gasteiger partial charge in [-0.3, -0.25) is 4.99 Å². The van der Waals surface area contributed by atoms with Crippen molar-refractivity contribution in [1.82, 2.24) is 0 Å². The first kappa shape index (κ1) is 10.8. The minimum Gasteiger partial charge on any atom is -0.507 e. The van der Waals surface area contributed by atoms with Gasteiger partial charge in [-0.15, -0.1) is 0 Å². The molecule has 0 aromatic heterocycles. The Labute approximate surface area is 102 Å². The number of phenolic OH excluding ortho intramolecular Hbond substituents is 1. The van der Waals surface area contributed by atoms with Gasteiger partial charge in [-0.05, 0) is 43.7 Å². The van der Waals surface area contributed by atoms with Gasteiger partial charge in [0.1, 0.15) is 5.75 Å². The van der Waals surface area contributed by atoms with Crippen LogP contribution in [0.1, 0.15) is 43.2 Å². The zero-order chi connectivity index (χ0) is 11.9. The molecular weight excluding hydrogens is 210 g/mol. The molecule has 3 fully saturated rings. The Morgan fingerprint density at radius 2 is 2.24 bits per heavy atom. The lowest BCUT2D eigenvalue weighted by molar-refractivity contribution is 0.0811. The van der Waals surface area contributed by atoms with E-state index in [0.29, 0.717) is 5.75 Å². The van der Waals surface area contributed by atoms with Crippen LogP contribution >= 0.6 is 0 Å². The van der Waals surface area contributed by atoms with E-state index < -0.39 is 0 Å². The van der Waals surface area contributed by atoms with Crippen molar-refractivity contribution >= 4 is 6.21 Å². The second-order valence-electron chi connectivity index (χ2n) is 5.66. The van der Waals surface area contributed by atoms with Crippen LogP contribution in [0.2, 0.25) is 0 Å². The molecule has 3 saturated carbocycles. The minimum absolute atomic E-state index is 0.221. The summed E-state index contributed by atoms with van der Waals surface area (Å²) in [6.07, 6.45) is 8.34. The molecule has 4 rings (SSSR count). The normalized spacial score (nSPS) is 31.5. The van der Waals surface area contributed by atoms with Gasteiger partial charge in [0.15, 0.2) is 0 Å². The summed E-state index contributed by atoms with van der Waals surface area (Å²) in [5, 5.41) is 9.93. The van der Waals surface area contributed by atoms with Crippen LogP contribution in [-0.4, -0.2) is 16.9 Å². The van der Waals surface area contributed by atoms with Gasteiger partial charge in [0.25, 0.3) is 0 Å². The number of phenols is 1. The third-order valence-corrected chi connectivity index (χ3v) is 4.34. The number of aryl methyl sites for hydroxylation is 1. The molecule has 1 aromatic rings. The average molecular weight is 229 g/mol. The van der Waals surface area contributed by atoms with Crippen molar-refractivity contribution in [1.29, 1.82) is 0 Å². The zero-order valence-corrected chi connectivity index (χ0v) is 10.3. The van der Waals surface area contributed by atoms with E-state index in [4.69, 9.17) is 4.99 Å². The molecule has 0 aliphatic heterocycles. The first-order chi connectivity index (χ1) is 8.19. The first-order valence-electron chi connectivity index (χ1n) is 6.52. The standard InChI is InChI=1S/C15H19NO/c1-11-4-2-6-13(14(11)17)10-16-15-7-3-5-12(8-15)9-15/h2,4,6,10,12,17H,3,5,7-9H2,1H3. The molecule has 0 heterocycles. The summed E-state index contributed by atoms with van der Waals surface area (Å²) in [6.45, 7) is 1.92. The van der Waals surface area contributed by atoms with E-state index >= 15 is 0 Å². The maximum absolute atomic E-state index is 9.93. The highest BCUT2D eigenvalue weighted by Gasteiger charge is 2.46. The van der Waals surface area contributed by atoms with Gasteiger partial charge in [0.2, 0.25) is 0 Å². The number of aromatic hydroxyl groups is 1. The molecule has 0 amide bonds. The van der Waals surface area contributed by atoms with Crippen LogP contribution < -0.4 is 0 Å². The van der Waals surface area contributed by atoms with Crippen molar-refractivity contribution in [2.45, 2.75) is 44.6 Å². The van der Waals surface area contributed by atoms with Gasteiger partial charge in [-0.1, -0.05) is 25.0 Å². The molecule has 90 valence electrons. The second-order valence-corrected chi connectivity index (χ2v) is 5.66. The van der Waals surface area contributed by atoms with Crippen LogP contribution in [0.3, 0.4) is 0 Å². The van der Waals surface area contributed by atoms with Crippen molar-refractivity contribution in [2.24, 2.45) is 10.9 Å². The molecule has 3 aliphatic rings. The molecule has 1 aromatic carbocycles. The largest absolute Gasteiger partial charge is 0.507 e. The monoisotopic (exact) mass is 229 g/mol. The summed E-state index contributed by atoms with van der Waals surface area (Å²) < 4.78 is 0. The van der Waals surface area contributed by atoms with E-state index in [-0.39, 0.29) is 5.54 Å². The van der Waals surface area contributed by atoms with Crippen LogP contribution in [0, 0.1) is 12.8 Å². The Balaban J connectivity index is 1.80. The van der Waals surface area contributed by atoms with E-state index in [0.717, 1.165) is 17.0 Å². The van der Waals surface area contributed by atoms with Crippen LogP contribution in [0.25, 0.3) is 0 Å². The van der Waals surface area contributed by atoms with Gasteiger partial charge in [0.05, 0.1) is 5.54 Å². The van der Waals surface area contributed by atoms with Crippen molar-refractivity contribution in [3.05, 3.63) is 29.3 Å². The fourth-order valence-electron chi connectivity index (χ4n) is 3.31. The third-order valence-electron chi connectivity index (χ3n) is 4.34. The van der Waals surface area contributed by atoms with Gasteiger partial charge >= 0.3 is 0 Å². The maximum atomic E-state index is 9.93. The van der Waals surface area contributed by atoms with E-state index in [9.17, 15) is 5.11 Å². The predicted octanol–water partition coefficient (Wildman–Crippen LogP) is 3.45. The molecule has 0 atom stereocenters. The highest BCUT2D eigenvalue weighted by atomic mass is 16.3. The Morgan fingerprint density at radius 1 is 1.41 bits per heavy atom. The predicted molar refractivity (Wildman–Crippen MR) is 69.7 cm³/mol. The van der Waals surface area contributed by atoms with Crippen molar-refractivity contribution in [2.75, 3.05) is 0 Å². The van der Waals surface area contributed by atoms with Gasteiger partial charge in [-0.2, -0.15) is 0 Å². The summed E-state index contributed by atoms with van der Waals surface area (Å²) in [5.41, 5.74) is 1.99. The van der Waals surface area contributed by atoms with Crippen molar-refractivity contribution in [3.8, 4) is 5.75 Å². The quantitative estimate of drug-likeness (QED) is 0.774. The van der Waals surface area contributed by atoms with Crippen LogP contribution in [0.5, 0.6) is 5.75 Å². The first-order valence-corrected chi connectivity index (χ1v) is 6.52. The summed E-state index contributed by atoms with van der Waals surface area (Å²) in [5.74, 6) is 1.30. The fraction of sp³-hybridized carbons (Fsp3) is 0.533. The van der Waals surface area contributed by atoms with Crippen LogP contribution in [0.4, 0.5) is 0 Å². The molecule has 0 spiro atoms. The lowest BCUT2D eigenvalue weighted by Gasteiger charge is -2.49. The summed E-state index contributed by atoms with van der Waals surface area (Å²) in [6, 6.07) is 5.82. The lowest BCUT2D eigenvalue weighted by atomic mass is 9.60. The van der Waals surface area contributed by atoms with E-state index in [1.807, 2.05) is 31.3 Å². The molecule has 2 bridgehead atoms. The highest BCUT2D eigenvalue weighted by Crippen LogP contribution is 2.51. The summed E-state index contributed by atoms with van der Waals surface area (Å²) in [4.78, 5) is 4.77. The summed E-state index contributed by atoms with van der Waals surface area (Å²) in [7, 11) is 0. The topological polar surface area (TPSA) is 32.6 Å². The lowest BCUT2D eigenvalue weighted by Crippen LogP contribution is -2.46. The maximum Gasteiger partial charge on any atom is 0.127 e. The number of para-hydroxylation sites is 1. The van der Waals surface area contributed by atoms with Gasteiger partial charge in [-0.25, -0.2) is 0 Å². The Bertz CT molecular complexity index is 452. The fourth-order valence-corrected chi connectivity index (χ4v) is 3.31. The molecule has 2 nitrogen and oxygen atoms in total. The number of rotatable bonds is 2. The Hall–Kier alpha value is -1.31. The SMILES string of the molecule is Cc1cccc(C=NC23CCCC(C2)C3)c1O. The summed E-state index contributed by atoms with van der Waals surface area (Å²) >= 11 is 0. The van der Waals surface area contributed by atoms with E-state index in [1.54, 1.807) is 0 Å². The zero-order valence-electron chi connectivity index (χ0n) is 10.3. The number of fused-ring (bicyclic) bond motifs is 2. The molecule has 0 radical (unpaired) electrons. The molecule has 3 aliphatic carbocycles. The van der Waals surface area contributed by atoms with E-state index in [2.05, 4.69) is 0 Å². The Morgan fingerprint density at radius 3 is 2.94 bits per heavy atom. The molecule has 0 unspecified atom stereocenters. The number of aliphatic imine (C=N–C) groups is 1. The molecule has 0 saturated heterocycles. The number of hydrogen-bond acceptors (Lipinski definition) is 2. The number of hydrogen-bond donors (Lipinski definition) is 1. The molecule has 1 N–H and O–H groups in total. The van der Waals surface area contributed by atoms with Crippen molar-refractivity contribution < 1.29 is 5.11 Å². The molecular formula is C15H19NO. The molecule has 17 heavy (non-hydrogen) atoms. The average Bonchev–Trinajstić information content (AvgIpc) is 2.31. The Kier molecular flexibility index (Phi) is 2.46. The number of nitrogens with zero attached hydrogens (tertiary/aromatic N) is 1. The van der Waals surface area contributed by atoms with Crippen LogP contribution in [0.15, 0.2) is 23.2 Å². The van der Waals surface area contributed by atoms with Gasteiger partial charge < -0.3 is 5.11 Å². The number of benzene rings is 1.